The normalized spacial score (nSPS) is 10.5. The average molecular weight is 359 g/mol. The molecule has 0 atom stereocenters. The van der Waals surface area contributed by atoms with Crippen LogP contribution in [-0.4, -0.2) is 39.6 Å². The van der Waals surface area contributed by atoms with E-state index < -0.39 is 0 Å². The molecule has 2 rings (SSSR count). The smallest absolute Gasteiger partial charge is 0.121 e. The van der Waals surface area contributed by atoms with E-state index in [4.69, 9.17) is 18.9 Å². The molecule has 2 aromatic carbocycles. The molecule has 0 heterocycles. The quantitative estimate of drug-likeness (QED) is 0.545. The van der Waals surface area contributed by atoms with Gasteiger partial charge in [-0.25, -0.2) is 0 Å². The fraction of sp³-hybridized carbons (Fsp3) is 0.429. The van der Waals surface area contributed by atoms with Crippen molar-refractivity contribution in [2.45, 2.75) is 20.4 Å². The predicted molar refractivity (Wildman–Crippen MR) is 104 cm³/mol. The van der Waals surface area contributed by atoms with Crippen molar-refractivity contribution in [2.75, 3.05) is 45.0 Å². The maximum atomic E-state index is 5.68. The van der Waals surface area contributed by atoms with E-state index in [0.29, 0.717) is 39.6 Å². The number of nitrogens with one attached hydrogen (secondary N) is 1. The topological polar surface area (TPSA) is 49.0 Å². The first-order valence-corrected chi connectivity index (χ1v) is 9.15. The standard InChI is InChI=1S/C21H29NO4/c1-3-23-12-14-25-20-10-8-18(9-11-20)17-22-19-6-5-7-21(16-19)26-15-13-24-4-2/h5-11,16,22H,3-4,12-15,17H2,1-2H3. The van der Waals surface area contributed by atoms with Crippen LogP contribution in [0.5, 0.6) is 11.5 Å². The fourth-order valence-electron chi connectivity index (χ4n) is 2.33. The van der Waals surface area contributed by atoms with Crippen LogP contribution in [0.1, 0.15) is 19.4 Å². The summed E-state index contributed by atoms with van der Waals surface area (Å²) in [5.41, 5.74) is 2.21. The Morgan fingerprint density at radius 2 is 1.38 bits per heavy atom. The largest absolute Gasteiger partial charge is 0.491 e. The van der Waals surface area contributed by atoms with Crippen LogP contribution >= 0.6 is 0 Å². The SMILES string of the molecule is CCOCCOc1ccc(CNc2cccc(OCCOCC)c2)cc1. The molecule has 5 nitrogen and oxygen atoms in total. The van der Waals surface area contributed by atoms with Crippen molar-refractivity contribution in [1.29, 1.82) is 0 Å². The zero-order valence-electron chi connectivity index (χ0n) is 15.7. The molecule has 1 N–H and O–H groups in total. The van der Waals surface area contributed by atoms with Crippen LogP contribution in [0.15, 0.2) is 48.5 Å². The van der Waals surface area contributed by atoms with Gasteiger partial charge in [0.2, 0.25) is 0 Å². The van der Waals surface area contributed by atoms with Gasteiger partial charge in [0.25, 0.3) is 0 Å². The molecule has 142 valence electrons. The van der Waals surface area contributed by atoms with Gasteiger partial charge >= 0.3 is 0 Å². The highest BCUT2D eigenvalue weighted by Gasteiger charge is 1.99. The Morgan fingerprint density at radius 1 is 0.731 bits per heavy atom. The van der Waals surface area contributed by atoms with Gasteiger partial charge < -0.3 is 24.3 Å². The van der Waals surface area contributed by atoms with Crippen LogP contribution in [0.2, 0.25) is 0 Å². The molecular weight excluding hydrogens is 330 g/mol. The molecule has 0 amide bonds. The van der Waals surface area contributed by atoms with E-state index in [0.717, 1.165) is 23.7 Å². The van der Waals surface area contributed by atoms with E-state index in [-0.39, 0.29) is 0 Å². The van der Waals surface area contributed by atoms with Crippen LogP contribution in [0.4, 0.5) is 5.69 Å². The van der Waals surface area contributed by atoms with E-state index in [1.54, 1.807) is 0 Å². The Labute approximate surface area is 156 Å². The Balaban J connectivity index is 1.75. The van der Waals surface area contributed by atoms with Crippen molar-refractivity contribution in [2.24, 2.45) is 0 Å². The molecule has 0 saturated heterocycles. The number of hydrogen-bond acceptors (Lipinski definition) is 5. The number of benzene rings is 2. The summed E-state index contributed by atoms with van der Waals surface area (Å²) in [6.45, 7) is 8.46. The maximum Gasteiger partial charge on any atom is 0.121 e. The van der Waals surface area contributed by atoms with Gasteiger partial charge in [0.1, 0.15) is 24.7 Å². The number of rotatable bonds is 13. The third-order valence-corrected chi connectivity index (χ3v) is 3.66. The van der Waals surface area contributed by atoms with Crippen LogP contribution in [0.3, 0.4) is 0 Å². The van der Waals surface area contributed by atoms with Crippen molar-refractivity contribution in [3.63, 3.8) is 0 Å². The van der Waals surface area contributed by atoms with E-state index in [1.165, 1.54) is 5.56 Å². The van der Waals surface area contributed by atoms with Gasteiger partial charge in [-0.15, -0.1) is 0 Å². The molecule has 0 radical (unpaired) electrons. The summed E-state index contributed by atoms with van der Waals surface area (Å²) in [4.78, 5) is 0. The lowest BCUT2D eigenvalue weighted by atomic mass is 10.2. The second kappa shape index (κ2) is 12.2. The molecule has 2 aromatic rings. The highest BCUT2D eigenvalue weighted by atomic mass is 16.5. The molecule has 0 spiro atoms. The molecule has 0 aromatic heterocycles. The minimum atomic E-state index is 0.558. The molecule has 0 aliphatic rings. The van der Waals surface area contributed by atoms with Crippen LogP contribution in [0, 0.1) is 0 Å². The lowest BCUT2D eigenvalue weighted by Crippen LogP contribution is -2.07. The zero-order valence-corrected chi connectivity index (χ0v) is 15.7. The Hall–Kier alpha value is -2.24. The molecule has 0 aliphatic carbocycles. The second-order valence-corrected chi connectivity index (χ2v) is 5.62. The van der Waals surface area contributed by atoms with Crippen LogP contribution < -0.4 is 14.8 Å². The minimum Gasteiger partial charge on any atom is -0.491 e. The Bertz CT molecular complexity index is 616. The Kier molecular flexibility index (Phi) is 9.40. The molecule has 5 heteroatoms. The lowest BCUT2D eigenvalue weighted by Gasteiger charge is -2.11. The predicted octanol–water partition coefficient (Wildman–Crippen LogP) is 4.13. The minimum absolute atomic E-state index is 0.558. The van der Waals surface area contributed by atoms with Gasteiger partial charge in [0.15, 0.2) is 0 Å². The highest BCUT2D eigenvalue weighted by molar-refractivity contribution is 5.48. The first kappa shape index (κ1) is 20.1. The highest BCUT2D eigenvalue weighted by Crippen LogP contribution is 2.19. The van der Waals surface area contributed by atoms with E-state index in [2.05, 4.69) is 17.4 Å². The summed E-state index contributed by atoms with van der Waals surface area (Å²) in [5, 5.41) is 3.41. The summed E-state index contributed by atoms with van der Waals surface area (Å²) in [5.74, 6) is 1.70. The van der Waals surface area contributed by atoms with Gasteiger partial charge in [0, 0.05) is 31.5 Å². The number of anilines is 1. The molecule has 26 heavy (non-hydrogen) atoms. The van der Waals surface area contributed by atoms with Crippen molar-refractivity contribution in [1.82, 2.24) is 0 Å². The fourth-order valence-corrected chi connectivity index (χ4v) is 2.33. The first-order chi connectivity index (χ1) is 12.8. The molecule has 0 fully saturated rings. The van der Waals surface area contributed by atoms with Gasteiger partial charge in [-0.1, -0.05) is 18.2 Å². The third kappa shape index (κ3) is 7.76. The van der Waals surface area contributed by atoms with Gasteiger partial charge in [-0.3, -0.25) is 0 Å². The van der Waals surface area contributed by atoms with E-state index in [9.17, 15) is 0 Å². The van der Waals surface area contributed by atoms with Crippen molar-refractivity contribution in [3.05, 3.63) is 54.1 Å². The van der Waals surface area contributed by atoms with E-state index >= 15 is 0 Å². The molecule has 0 bridgehead atoms. The summed E-state index contributed by atoms with van der Waals surface area (Å²) in [6, 6.07) is 16.0. The first-order valence-electron chi connectivity index (χ1n) is 9.15. The van der Waals surface area contributed by atoms with Crippen LogP contribution in [0.25, 0.3) is 0 Å². The summed E-state index contributed by atoms with van der Waals surface area (Å²) in [7, 11) is 0. The molecule has 0 unspecified atom stereocenters. The summed E-state index contributed by atoms with van der Waals surface area (Å²) in [6.07, 6.45) is 0. The summed E-state index contributed by atoms with van der Waals surface area (Å²) < 4.78 is 21.8. The Morgan fingerprint density at radius 3 is 2.04 bits per heavy atom. The van der Waals surface area contributed by atoms with E-state index in [1.807, 2.05) is 50.2 Å². The molecule has 0 saturated carbocycles. The van der Waals surface area contributed by atoms with Gasteiger partial charge in [0.05, 0.1) is 13.2 Å². The van der Waals surface area contributed by atoms with Gasteiger partial charge in [-0.2, -0.15) is 0 Å². The molecular formula is C21H29NO4. The van der Waals surface area contributed by atoms with Crippen LogP contribution in [-0.2, 0) is 16.0 Å². The second-order valence-electron chi connectivity index (χ2n) is 5.62. The monoisotopic (exact) mass is 359 g/mol. The van der Waals surface area contributed by atoms with Crippen molar-refractivity contribution >= 4 is 5.69 Å². The van der Waals surface area contributed by atoms with Crippen molar-refractivity contribution in [3.8, 4) is 11.5 Å². The maximum absolute atomic E-state index is 5.68. The number of ether oxygens (including phenoxy) is 4. The number of hydrogen-bond donors (Lipinski definition) is 1. The lowest BCUT2D eigenvalue weighted by molar-refractivity contribution is 0.110. The third-order valence-electron chi connectivity index (χ3n) is 3.66. The zero-order chi connectivity index (χ0) is 18.5. The van der Waals surface area contributed by atoms with Gasteiger partial charge in [-0.05, 0) is 43.7 Å². The summed E-state index contributed by atoms with van der Waals surface area (Å²) >= 11 is 0. The van der Waals surface area contributed by atoms with Crippen molar-refractivity contribution < 1.29 is 18.9 Å². The molecule has 0 aliphatic heterocycles. The average Bonchev–Trinajstić information content (AvgIpc) is 2.68.